The van der Waals surface area contributed by atoms with Gasteiger partial charge in [0, 0.05) is 17.1 Å². The molecule has 2 rings (SSSR count). The van der Waals surface area contributed by atoms with Crippen molar-refractivity contribution in [3.8, 4) is 11.5 Å². The Morgan fingerprint density at radius 1 is 0.952 bits per heavy atom. The first kappa shape index (κ1) is 15.7. The van der Waals surface area contributed by atoms with Crippen molar-refractivity contribution >= 4 is 11.6 Å². The van der Waals surface area contributed by atoms with Crippen molar-refractivity contribution in [2.45, 2.75) is 13.5 Å². The molecule has 0 spiro atoms. The van der Waals surface area contributed by atoms with Gasteiger partial charge in [0.2, 0.25) is 0 Å². The van der Waals surface area contributed by atoms with Gasteiger partial charge in [-0.05, 0) is 36.9 Å². The van der Waals surface area contributed by atoms with Gasteiger partial charge in [-0.15, -0.1) is 0 Å². The van der Waals surface area contributed by atoms with Crippen LogP contribution in [-0.2, 0) is 6.54 Å². The molecule has 1 N–H and O–H groups in total. The van der Waals surface area contributed by atoms with Crippen LogP contribution in [0, 0.1) is 0 Å². The predicted molar refractivity (Wildman–Crippen MR) is 86.3 cm³/mol. The van der Waals surface area contributed by atoms with E-state index < -0.39 is 0 Å². The minimum absolute atomic E-state index is 0.497. The zero-order valence-corrected chi connectivity index (χ0v) is 12.9. The van der Waals surface area contributed by atoms with Crippen LogP contribution >= 0.6 is 11.6 Å². The number of para-hydroxylation sites is 1. The van der Waals surface area contributed by atoms with E-state index >= 15 is 0 Å². The van der Waals surface area contributed by atoms with Gasteiger partial charge in [0.1, 0.15) is 24.7 Å². The fourth-order valence-corrected chi connectivity index (χ4v) is 2.02. The summed E-state index contributed by atoms with van der Waals surface area (Å²) in [6.45, 7) is 4.84. The number of halogens is 1. The molecule has 2 aromatic rings. The Kier molecular flexibility index (Phi) is 6.38. The van der Waals surface area contributed by atoms with Crippen LogP contribution in [0.25, 0.3) is 0 Å². The summed E-state index contributed by atoms with van der Waals surface area (Å²) in [4.78, 5) is 0. The summed E-state index contributed by atoms with van der Waals surface area (Å²) < 4.78 is 11.4. The molecule has 4 heteroatoms. The minimum atomic E-state index is 0.497. The molecule has 0 bridgehead atoms. The first-order chi connectivity index (χ1) is 10.3. The molecule has 0 aliphatic heterocycles. The lowest BCUT2D eigenvalue weighted by Gasteiger charge is -2.12. The van der Waals surface area contributed by atoms with Crippen LogP contribution < -0.4 is 14.8 Å². The molecule has 0 fully saturated rings. The van der Waals surface area contributed by atoms with Gasteiger partial charge >= 0.3 is 0 Å². The van der Waals surface area contributed by atoms with Crippen molar-refractivity contribution in [1.82, 2.24) is 5.32 Å². The molecule has 0 heterocycles. The highest BCUT2D eigenvalue weighted by Gasteiger charge is 2.02. The zero-order valence-electron chi connectivity index (χ0n) is 12.1. The maximum atomic E-state index is 5.83. The summed E-state index contributed by atoms with van der Waals surface area (Å²) in [6.07, 6.45) is 0. The van der Waals surface area contributed by atoms with Gasteiger partial charge in [-0.2, -0.15) is 0 Å². The van der Waals surface area contributed by atoms with Crippen LogP contribution in [0.3, 0.4) is 0 Å². The third kappa shape index (κ3) is 5.29. The van der Waals surface area contributed by atoms with Crippen LogP contribution in [0.4, 0.5) is 0 Å². The van der Waals surface area contributed by atoms with Gasteiger partial charge in [0.05, 0.1) is 0 Å². The van der Waals surface area contributed by atoms with Crippen molar-refractivity contribution in [3.63, 3.8) is 0 Å². The van der Waals surface area contributed by atoms with Crippen LogP contribution in [-0.4, -0.2) is 19.8 Å². The maximum absolute atomic E-state index is 5.83. The van der Waals surface area contributed by atoms with Crippen molar-refractivity contribution in [3.05, 3.63) is 59.1 Å². The first-order valence-corrected chi connectivity index (χ1v) is 7.47. The van der Waals surface area contributed by atoms with Gasteiger partial charge in [-0.25, -0.2) is 0 Å². The van der Waals surface area contributed by atoms with E-state index in [0.717, 1.165) is 30.2 Å². The van der Waals surface area contributed by atoms with Crippen molar-refractivity contribution in [2.24, 2.45) is 0 Å². The Labute approximate surface area is 130 Å². The fourth-order valence-electron chi connectivity index (χ4n) is 1.89. The average molecular weight is 306 g/mol. The van der Waals surface area contributed by atoms with Crippen molar-refractivity contribution in [2.75, 3.05) is 19.8 Å². The second-order valence-corrected chi connectivity index (χ2v) is 4.98. The molecule has 0 aromatic heterocycles. The van der Waals surface area contributed by atoms with Crippen LogP contribution in [0.5, 0.6) is 11.5 Å². The summed E-state index contributed by atoms with van der Waals surface area (Å²) in [5.41, 5.74) is 1.16. The molecule has 0 aliphatic carbocycles. The quantitative estimate of drug-likeness (QED) is 0.750. The second kappa shape index (κ2) is 8.55. The molecular formula is C17H20ClNO2. The number of nitrogens with one attached hydrogen (secondary N) is 1. The molecule has 3 nitrogen and oxygen atoms in total. The van der Waals surface area contributed by atoms with Gasteiger partial charge in [0.15, 0.2) is 0 Å². The number of benzene rings is 2. The van der Waals surface area contributed by atoms with E-state index in [-0.39, 0.29) is 0 Å². The number of ether oxygens (including phenoxy) is 2. The second-order valence-electron chi connectivity index (χ2n) is 4.54. The average Bonchev–Trinajstić information content (AvgIpc) is 2.52. The molecule has 21 heavy (non-hydrogen) atoms. The summed E-state index contributed by atoms with van der Waals surface area (Å²) >= 11 is 5.83. The van der Waals surface area contributed by atoms with Gasteiger partial charge < -0.3 is 14.8 Å². The first-order valence-electron chi connectivity index (χ1n) is 7.09. The minimum Gasteiger partial charge on any atom is -0.490 e. The highest BCUT2D eigenvalue weighted by atomic mass is 35.5. The van der Waals surface area contributed by atoms with E-state index in [2.05, 4.69) is 18.3 Å². The predicted octanol–water partition coefficient (Wildman–Crippen LogP) is 3.91. The number of hydrogen-bond acceptors (Lipinski definition) is 3. The lowest BCUT2D eigenvalue weighted by atomic mass is 10.2. The molecule has 0 aliphatic rings. The number of rotatable bonds is 8. The Morgan fingerprint density at radius 3 is 2.43 bits per heavy atom. The molecule has 112 valence electrons. The standard InChI is InChI=1S/C17H20ClNO2/c1-2-19-13-14-5-3-4-6-17(14)21-12-11-20-16-9-7-15(18)8-10-16/h3-10,19H,2,11-13H2,1H3. The summed E-state index contributed by atoms with van der Waals surface area (Å²) in [5.74, 6) is 1.70. The summed E-state index contributed by atoms with van der Waals surface area (Å²) in [5, 5.41) is 4.01. The fraction of sp³-hybridized carbons (Fsp3) is 0.294. The third-order valence-corrected chi connectivity index (χ3v) is 3.21. The highest BCUT2D eigenvalue weighted by Crippen LogP contribution is 2.18. The SMILES string of the molecule is CCNCc1ccccc1OCCOc1ccc(Cl)cc1. The van der Waals surface area contributed by atoms with E-state index in [1.165, 1.54) is 0 Å². The Hall–Kier alpha value is -1.71. The van der Waals surface area contributed by atoms with Gasteiger partial charge in [-0.3, -0.25) is 0 Å². The lowest BCUT2D eigenvalue weighted by molar-refractivity contribution is 0.215. The van der Waals surface area contributed by atoms with E-state index in [4.69, 9.17) is 21.1 Å². The third-order valence-electron chi connectivity index (χ3n) is 2.96. The van der Waals surface area contributed by atoms with Gasteiger partial charge in [0.25, 0.3) is 0 Å². The largest absolute Gasteiger partial charge is 0.490 e. The van der Waals surface area contributed by atoms with Crippen LogP contribution in [0.1, 0.15) is 12.5 Å². The van der Waals surface area contributed by atoms with E-state index in [0.29, 0.717) is 18.2 Å². The summed E-state index contributed by atoms with van der Waals surface area (Å²) in [7, 11) is 0. The van der Waals surface area contributed by atoms with Crippen LogP contribution in [0.15, 0.2) is 48.5 Å². The topological polar surface area (TPSA) is 30.5 Å². The molecule has 0 saturated heterocycles. The van der Waals surface area contributed by atoms with Crippen molar-refractivity contribution < 1.29 is 9.47 Å². The zero-order chi connectivity index (χ0) is 14.9. The molecular weight excluding hydrogens is 286 g/mol. The number of hydrogen-bond donors (Lipinski definition) is 1. The Bertz CT molecular complexity index is 543. The maximum Gasteiger partial charge on any atom is 0.123 e. The van der Waals surface area contributed by atoms with E-state index in [1.54, 1.807) is 0 Å². The molecule has 0 atom stereocenters. The molecule has 0 saturated carbocycles. The molecule has 2 aromatic carbocycles. The normalized spacial score (nSPS) is 10.4. The van der Waals surface area contributed by atoms with E-state index in [9.17, 15) is 0 Å². The van der Waals surface area contributed by atoms with Crippen LogP contribution in [0.2, 0.25) is 5.02 Å². The Balaban J connectivity index is 1.79. The van der Waals surface area contributed by atoms with Gasteiger partial charge in [-0.1, -0.05) is 36.7 Å². The Morgan fingerprint density at radius 2 is 1.67 bits per heavy atom. The smallest absolute Gasteiger partial charge is 0.123 e. The van der Waals surface area contributed by atoms with E-state index in [1.807, 2.05) is 42.5 Å². The lowest BCUT2D eigenvalue weighted by Crippen LogP contribution is -2.14. The highest BCUT2D eigenvalue weighted by molar-refractivity contribution is 6.30. The van der Waals surface area contributed by atoms with Crippen molar-refractivity contribution in [1.29, 1.82) is 0 Å². The molecule has 0 amide bonds. The summed E-state index contributed by atoms with van der Waals surface area (Å²) in [6, 6.07) is 15.4. The monoisotopic (exact) mass is 305 g/mol. The molecule has 0 unspecified atom stereocenters. The molecule has 0 radical (unpaired) electrons.